The fourth-order valence-corrected chi connectivity index (χ4v) is 2.18. The van der Waals surface area contributed by atoms with Crippen LogP contribution in [0, 0.1) is 5.41 Å². The summed E-state index contributed by atoms with van der Waals surface area (Å²) < 4.78 is 13.7. The first kappa shape index (κ1) is 17.7. The van der Waals surface area contributed by atoms with E-state index >= 15 is 0 Å². The maximum atomic E-state index is 12.3. The quantitative estimate of drug-likeness (QED) is 0.618. The fraction of sp³-hybridized carbons (Fsp3) is 0.125. The molecule has 0 amide bonds. The lowest BCUT2D eigenvalue weighted by molar-refractivity contribution is -0.167. The molecule has 1 aromatic rings. The van der Waals surface area contributed by atoms with E-state index < -0.39 is 35.8 Å². The van der Waals surface area contributed by atoms with Gasteiger partial charge in [0, 0.05) is 0 Å². The average Bonchev–Trinajstić information content (AvgIpc) is 2.55. The zero-order valence-corrected chi connectivity index (χ0v) is 12.5. The van der Waals surface area contributed by atoms with Crippen LogP contribution in [-0.2, 0) is 19.1 Å². The van der Waals surface area contributed by atoms with E-state index in [0.717, 1.165) is 6.08 Å². The number of carboxylic acid groups (broad SMARTS) is 2. The Bertz CT molecular complexity index is 720. The third-order valence-corrected chi connectivity index (χ3v) is 3.25. The zero-order chi connectivity index (χ0) is 18.4. The fourth-order valence-electron chi connectivity index (χ4n) is 2.18. The largest absolute Gasteiger partial charge is 0.513 e. The van der Waals surface area contributed by atoms with Gasteiger partial charge in [-0.25, -0.2) is 19.2 Å². The van der Waals surface area contributed by atoms with Gasteiger partial charge in [-0.1, -0.05) is 36.4 Å². The van der Waals surface area contributed by atoms with Gasteiger partial charge < -0.3 is 24.4 Å². The highest BCUT2D eigenvalue weighted by molar-refractivity contribution is 6.08. The monoisotopic (exact) mass is 348 g/mol. The summed E-state index contributed by atoms with van der Waals surface area (Å²) in [7, 11) is 0. The first-order valence-electron chi connectivity index (χ1n) is 6.84. The van der Waals surface area contributed by atoms with Crippen molar-refractivity contribution in [3.05, 3.63) is 54.6 Å². The molecule has 0 heterocycles. The average molecular weight is 348 g/mol. The Morgan fingerprint density at radius 3 is 1.96 bits per heavy atom. The summed E-state index contributed by atoms with van der Waals surface area (Å²) >= 11 is 0. The normalized spacial score (nSPS) is 17.4. The molecule has 0 saturated carbocycles. The van der Waals surface area contributed by atoms with Gasteiger partial charge in [-0.15, -0.1) is 0 Å². The Labute approximate surface area is 140 Å². The van der Waals surface area contributed by atoms with E-state index in [1.54, 1.807) is 18.2 Å². The number of hydrogen-bond acceptors (Lipinski definition) is 7. The highest BCUT2D eigenvalue weighted by Crippen LogP contribution is 2.35. The third kappa shape index (κ3) is 3.83. The molecule has 0 aromatic heterocycles. The molecule has 0 fully saturated rings. The van der Waals surface area contributed by atoms with Gasteiger partial charge in [0.15, 0.2) is 0 Å². The van der Waals surface area contributed by atoms with E-state index in [1.807, 2.05) is 0 Å². The summed E-state index contributed by atoms with van der Waals surface area (Å²) in [6.45, 7) is 0. The minimum Gasteiger partial charge on any atom is -0.484 e. The lowest BCUT2D eigenvalue weighted by Crippen LogP contribution is -2.52. The van der Waals surface area contributed by atoms with Crippen molar-refractivity contribution >= 4 is 24.2 Å². The highest BCUT2D eigenvalue weighted by Gasteiger charge is 2.56. The number of carbonyl (C=O) groups excluding carboxylic acids is 2. The van der Waals surface area contributed by atoms with Crippen LogP contribution in [0.4, 0.5) is 9.59 Å². The van der Waals surface area contributed by atoms with Gasteiger partial charge in [0.05, 0.1) is 0 Å². The Balaban J connectivity index is 2.45. The van der Waals surface area contributed by atoms with Crippen molar-refractivity contribution in [3.63, 3.8) is 0 Å². The van der Waals surface area contributed by atoms with Crippen LogP contribution in [0.2, 0.25) is 0 Å². The topological polar surface area (TPSA) is 136 Å². The van der Waals surface area contributed by atoms with Gasteiger partial charge in [0.1, 0.15) is 11.9 Å². The molecule has 130 valence electrons. The molecule has 2 N–H and O–H groups in total. The van der Waals surface area contributed by atoms with Gasteiger partial charge in [0.25, 0.3) is 0 Å². The number of carbonyl (C=O) groups is 4. The van der Waals surface area contributed by atoms with E-state index in [0.29, 0.717) is 0 Å². The molecule has 25 heavy (non-hydrogen) atoms. The summed E-state index contributed by atoms with van der Waals surface area (Å²) in [4.78, 5) is 46.0. The molecule has 9 heteroatoms. The minimum absolute atomic E-state index is 0.253. The van der Waals surface area contributed by atoms with Crippen molar-refractivity contribution in [1.29, 1.82) is 0 Å². The molecule has 0 bridgehead atoms. The molecule has 1 aliphatic rings. The number of para-hydroxylation sites is 1. The van der Waals surface area contributed by atoms with E-state index in [4.69, 9.17) is 14.9 Å². The van der Waals surface area contributed by atoms with Crippen LogP contribution < -0.4 is 4.74 Å². The van der Waals surface area contributed by atoms with Crippen LogP contribution in [0.5, 0.6) is 5.75 Å². The van der Waals surface area contributed by atoms with Gasteiger partial charge in [-0.05, 0) is 18.2 Å². The SMILES string of the molecule is O=C(O)OC(=O)C1(C(=O)OC(=O)O)C=CC=CC1Oc1ccccc1. The highest BCUT2D eigenvalue weighted by atomic mass is 16.7. The number of esters is 2. The summed E-state index contributed by atoms with van der Waals surface area (Å²) in [6, 6.07) is 8.02. The number of benzene rings is 1. The second-order valence-corrected chi connectivity index (χ2v) is 4.78. The van der Waals surface area contributed by atoms with Gasteiger partial charge in [-0.2, -0.15) is 0 Å². The molecule has 2 rings (SSSR count). The van der Waals surface area contributed by atoms with Crippen molar-refractivity contribution < 1.29 is 43.6 Å². The maximum Gasteiger partial charge on any atom is 0.513 e. The van der Waals surface area contributed by atoms with Gasteiger partial charge >= 0.3 is 24.2 Å². The second kappa shape index (κ2) is 7.30. The van der Waals surface area contributed by atoms with E-state index in [-0.39, 0.29) is 5.75 Å². The van der Waals surface area contributed by atoms with Crippen molar-refractivity contribution in [3.8, 4) is 5.75 Å². The Morgan fingerprint density at radius 1 is 0.880 bits per heavy atom. The number of ether oxygens (including phenoxy) is 3. The molecule has 1 unspecified atom stereocenters. The van der Waals surface area contributed by atoms with Crippen LogP contribution in [0.15, 0.2) is 54.6 Å². The first-order chi connectivity index (χ1) is 11.9. The first-order valence-corrected chi connectivity index (χ1v) is 6.84. The Hall–Kier alpha value is -3.62. The number of rotatable bonds is 4. The summed E-state index contributed by atoms with van der Waals surface area (Å²) in [5.74, 6) is -2.84. The van der Waals surface area contributed by atoms with Crippen molar-refractivity contribution in [2.45, 2.75) is 6.10 Å². The molecule has 0 spiro atoms. The molecule has 0 saturated heterocycles. The smallest absolute Gasteiger partial charge is 0.484 e. The summed E-state index contributed by atoms with van der Waals surface area (Å²) in [5, 5.41) is 17.3. The number of hydrogen-bond donors (Lipinski definition) is 2. The molecule has 1 aliphatic carbocycles. The molecule has 0 radical (unpaired) electrons. The minimum atomic E-state index is -2.44. The molecule has 0 aliphatic heterocycles. The second-order valence-electron chi connectivity index (χ2n) is 4.78. The standard InChI is InChI=1S/C16H12O9/c17-12(24-14(19)20)16(13(18)25-15(21)22)9-5-4-8-11(16)23-10-6-2-1-3-7-10/h1-9,11H,(H,19,20)(H,21,22). The lowest BCUT2D eigenvalue weighted by Gasteiger charge is -2.32. The summed E-state index contributed by atoms with van der Waals surface area (Å²) in [6.07, 6.45) is -0.386. The summed E-state index contributed by atoms with van der Waals surface area (Å²) in [5.41, 5.74) is -2.44. The molecular weight excluding hydrogens is 336 g/mol. The van der Waals surface area contributed by atoms with Crippen LogP contribution in [0.1, 0.15) is 0 Å². The van der Waals surface area contributed by atoms with E-state index in [2.05, 4.69) is 9.47 Å². The van der Waals surface area contributed by atoms with Crippen LogP contribution in [0.3, 0.4) is 0 Å². The van der Waals surface area contributed by atoms with Crippen LogP contribution in [-0.4, -0.2) is 40.6 Å². The van der Waals surface area contributed by atoms with Crippen LogP contribution in [0.25, 0.3) is 0 Å². The predicted molar refractivity (Wildman–Crippen MR) is 79.8 cm³/mol. The maximum absolute atomic E-state index is 12.3. The van der Waals surface area contributed by atoms with Crippen molar-refractivity contribution in [1.82, 2.24) is 0 Å². The van der Waals surface area contributed by atoms with Gasteiger partial charge in [-0.3, -0.25) is 0 Å². The van der Waals surface area contributed by atoms with Crippen molar-refractivity contribution in [2.24, 2.45) is 5.41 Å². The molecule has 1 atom stereocenters. The number of allylic oxidation sites excluding steroid dienone is 2. The van der Waals surface area contributed by atoms with Gasteiger partial charge in [0.2, 0.25) is 5.41 Å². The Kier molecular flexibility index (Phi) is 5.18. The van der Waals surface area contributed by atoms with E-state index in [1.165, 1.54) is 30.4 Å². The Morgan fingerprint density at radius 2 is 1.44 bits per heavy atom. The van der Waals surface area contributed by atoms with Crippen LogP contribution >= 0.6 is 0 Å². The van der Waals surface area contributed by atoms with E-state index in [9.17, 15) is 19.2 Å². The molecule has 9 nitrogen and oxygen atoms in total. The molecule has 1 aromatic carbocycles. The van der Waals surface area contributed by atoms with Crippen molar-refractivity contribution in [2.75, 3.05) is 0 Å². The lowest BCUT2D eigenvalue weighted by atomic mass is 9.78. The zero-order valence-electron chi connectivity index (χ0n) is 12.5. The molecular formula is C16H12O9. The third-order valence-electron chi connectivity index (χ3n) is 3.25. The predicted octanol–water partition coefficient (Wildman–Crippen LogP) is 1.99.